The lowest BCUT2D eigenvalue weighted by Gasteiger charge is -2.14. The van der Waals surface area contributed by atoms with Gasteiger partial charge in [-0.05, 0) is 25.5 Å². The van der Waals surface area contributed by atoms with Crippen molar-refractivity contribution in [3.8, 4) is 5.75 Å². The van der Waals surface area contributed by atoms with Gasteiger partial charge in [-0.3, -0.25) is 9.59 Å². The zero-order chi connectivity index (χ0) is 13.0. The molecule has 1 aliphatic heterocycles. The molecule has 5 nitrogen and oxygen atoms in total. The zero-order valence-corrected chi connectivity index (χ0v) is 10.2. The van der Waals surface area contributed by atoms with Crippen molar-refractivity contribution in [3.05, 3.63) is 24.3 Å². The van der Waals surface area contributed by atoms with E-state index >= 15 is 0 Å². The lowest BCUT2D eigenvalue weighted by molar-refractivity contribution is -0.122. The molecule has 0 aromatic heterocycles. The maximum absolute atomic E-state index is 11.9. The summed E-state index contributed by atoms with van der Waals surface area (Å²) in [4.78, 5) is 23.0. The maximum atomic E-state index is 11.9. The van der Waals surface area contributed by atoms with E-state index in [1.807, 2.05) is 19.1 Å². The molecule has 2 rings (SSSR count). The van der Waals surface area contributed by atoms with Gasteiger partial charge < -0.3 is 15.4 Å². The fourth-order valence-corrected chi connectivity index (χ4v) is 1.88. The lowest BCUT2D eigenvalue weighted by atomic mass is 10.2. The van der Waals surface area contributed by atoms with Crippen molar-refractivity contribution in [1.82, 2.24) is 5.32 Å². The van der Waals surface area contributed by atoms with E-state index in [1.54, 1.807) is 12.1 Å². The van der Waals surface area contributed by atoms with Crippen molar-refractivity contribution >= 4 is 17.5 Å². The van der Waals surface area contributed by atoms with E-state index in [1.165, 1.54) is 0 Å². The summed E-state index contributed by atoms with van der Waals surface area (Å²) in [5, 5.41) is 5.41. The number of ether oxygens (including phenoxy) is 1. The topological polar surface area (TPSA) is 67.4 Å². The second-order valence-corrected chi connectivity index (χ2v) is 4.08. The average molecular weight is 248 g/mol. The fourth-order valence-electron chi connectivity index (χ4n) is 1.88. The largest absolute Gasteiger partial charge is 0.492 e. The van der Waals surface area contributed by atoms with E-state index in [0.717, 1.165) is 0 Å². The van der Waals surface area contributed by atoms with Gasteiger partial charge in [0.05, 0.1) is 12.3 Å². The van der Waals surface area contributed by atoms with Crippen molar-refractivity contribution in [2.45, 2.75) is 25.8 Å². The first-order chi connectivity index (χ1) is 8.70. The third kappa shape index (κ3) is 2.80. The van der Waals surface area contributed by atoms with E-state index < -0.39 is 6.04 Å². The molecule has 1 atom stereocenters. The average Bonchev–Trinajstić information content (AvgIpc) is 2.79. The summed E-state index contributed by atoms with van der Waals surface area (Å²) in [6.07, 6.45) is 0.951. The van der Waals surface area contributed by atoms with Crippen LogP contribution in [0.15, 0.2) is 24.3 Å². The molecule has 1 fully saturated rings. The Kier molecular flexibility index (Phi) is 3.82. The summed E-state index contributed by atoms with van der Waals surface area (Å²) in [6, 6.07) is 6.81. The molecule has 0 radical (unpaired) electrons. The molecule has 1 saturated heterocycles. The van der Waals surface area contributed by atoms with E-state index in [0.29, 0.717) is 30.9 Å². The zero-order valence-electron chi connectivity index (χ0n) is 10.2. The van der Waals surface area contributed by atoms with E-state index in [-0.39, 0.29) is 11.8 Å². The van der Waals surface area contributed by atoms with Gasteiger partial charge in [-0.15, -0.1) is 0 Å². The van der Waals surface area contributed by atoms with Gasteiger partial charge in [-0.25, -0.2) is 0 Å². The summed E-state index contributed by atoms with van der Waals surface area (Å²) in [5.74, 6) is 0.360. The monoisotopic (exact) mass is 248 g/mol. The highest BCUT2D eigenvalue weighted by Gasteiger charge is 2.27. The number of para-hydroxylation sites is 2. The van der Waals surface area contributed by atoms with Crippen molar-refractivity contribution in [2.75, 3.05) is 11.9 Å². The smallest absolute Gasteiger partial charge is 0.247 e. The molecular formula is C13H16N2O3. The summed E-state index contributed by atoms with van der Waals surface area (Å²) >= 11 is 0. The van der Waals surface area contributed by atoms with Crippen molar-refractivity contribution in [2.24, 2.45) is 0 Å². The van der Waals surface area contributed by atoms with Crippen LogP contribution < -0.4 is 15.4 Å². The molecule has 96 valence electrons. The molecule has 2 amide bonds. The molecule has 5 heteroatoms. The molecular weight excluding hydrogens is 232 g/mol. The Morgan fingerprint density at radius 3 is 2.94 bits per heavy atom. The minimum absolute atomic E-state index is 0.0757. The van der Waals surface area contributed by atoms with Gasteiger partial charge in [0.2, 0.25) is 11.8 Å². The quantitative estimate of drug-likeness (QED) is 0.844. The van der Waals surface area contributed by atoms with Crippen molar-refractivity contribution < 1.29 is 14.3 Å². The predicted octanol–water partition coefficient (Wildman–Crippen LogP) is 1.30. The SMILES string of the molecule is CCOc1ccccc1NC(=O)[C@@H]1CCC(=O)N1. The van der Waals surface area contributed by atoms with Crippen LogP contribution in [-0.2, 0) is 9.59 Å². The van der Waals surface area contributed by atoms with E-state index in [2.05, 4.69) is 10.6 Å². The van der Waals surface area contributed by atoms with Crippen LogP contribution in [0, 0.1) is 0 Å². The molecule has 1 aliphatic rings. The van der Waals surface area contributed by atoms with Crippen LogP contribution in [0.2, 0.25) is 0 Å². The van der Waals surface area contributed by atoms with Crippen LogP contribution in [0.1, 0.15) is 19.8 Å². The number of rotatable bonds is 4. The maximum Gasteiger partial charge on any atom is 0.247 e. The number of hydrogen-bond donors (Lipinski definition) is 2. The van der Waals surface area contributed by atoms with Gasteiger partial charge >= 0.3 is 0 Å². The Hall–Kier alpha value is -2.04. The van der Waals surface area contributed by atoms with Crippen LogP contribution in [0.4, 0.5) is 5.69 Å². The number of carbonyl (C=O) groups is 2. The molecule has 18 heavy (non-hydrogen) atoms. The molecule has 0 saturated carbocycles. The molecule has 1 aromatic carbocycles. The number of amides is 2. The van der Waals surface area contributed by atoms with E-state index in [9.17, 15) is 9.59 Å². The van der Waals surface area contributed by atoms with Gasteiger partial charge in [0.25, 0.3) is 0 Å². The first-order valence-electron chi connectivity index (χ1n) is 6.02. The van der Waals surface area contributed by atoms with Crippen LogP contribution >= 0.6 is 0 Å². The Balaban J connectivity index is 2.04. The second-order valence-electron chi connectivity index (χ2n) is 4.08. The fraction of sp³-hybridized carbons (Fsp3) is 0.385. The van der Waals surface area contributed by atoms with Crippen molar-refractivity contribution in [1.29, 1.82) is 0 Å². The first-order valence-corrected chi connectivity index (χ1v) is 6.02. The van der Waals surface area contributed by atoms with Gasteiger partial charge in [0, 0.05) is 6.42 Å². The van der Waals surface area contributed by atoms with Crippen molar-refractivity contribution in [3.63, 3.8) is 0 Å². The summed E-state index contributed by atoms with van der Waals surface area (Å²) in [5.41, 5.74) is 0.630. The Bertz CT molecular complexity index is 459. The van der Waals surface area contributed by atoms with E-state index in [4.69, 9.17) is 4.74 Å². The Labute approximate surface area is 106 Å². The molecule has 0 aliphatic carbocycles. The van der Waals surface area contributed by atoms with Gasteiger partial charge in [0.1, 0.15) is 11.8 Å². The standard InChI is InChI=1S/C13H16N2O3/c1-2-18-11-6-4-3-5-9(11)15-13(17)10-7-8-12(16)14-10/h3-6,10H,2,7-8H2,1H3,(H,14,16)(H,15,17)/t10-/m0/s1. The molecule has 1 aromatic rings. The molecule has 0 unspecified atom stereocenters. The normalized spacial score (nSPS) is 18.3. The summed E-state index contributed by atoms with van der Waals surface area (Å²) < 4.78 is 5.42. The highest BCUT2D eigenvalue weighted by molar-refractivity contribution is 5.99. The Morgan fingerprint density at radius 1 is 1.50 bits per heavy atom. The van der Waals surface area contributed by atoms with Crippen LogP contribution in [0.5, 0.6) is 5.75 Å². The van der Waals surface area contributed by atoms with Gasteiger partial charge in [0.15, 0.2) is 0 Å². The molecule has 0 spiro atoms. The minimum atomic E-state index is -0.438. The molecule has 1 heterocycles. The van der Waals surface area contributed by atoms with Crippen LogP contribution in [0.25, 0.3) is 0 Å². The van der Waals surface area contributed by atoms with Gasteiger partial charge in [-0.2, -0.15) is 0 Å². The van der Waals surface area contributed by atoms with Crippen LogP contribution in [0.3, 0.4) is 0 Å². The number of benzene rings is 1. The summed E-state index contributed by atoms with van der Waals surface area (Å²) in [6.45, 7) is 2.42. The highest BCUT2D eigenvalue weighted by atomic mass is 16.5. The first kappa shape index (κ1) is 12.4. The highest BCUT2D eigenvalue weighted by Crippen LogP contribution is 2.24. The Morgan fingerprint density at radius 2 is 2.28 bits per heavy atom. The minimum Gasteiger partial charge on any atom is -0.492 e. The third-order valence-electron chi connectivity index (χ3n) is 2.76. The number of carbonyl (C=O) groups excluding carboxylic acids is 2. The van der Waals surface area contributed by atoms with Gasteiger partial charge in [-0.1, -0.05) is 12.1 Å². The predicted molar refractivity (Wildman–Crippen MR) is 67.4 cm³/mol. The van der Waals surface area contributed by atoms with Crippen LogP contribution in [-0.4, -0.2) is 24.5 Å². The number of hydrogen-bond acceptors (Lipinski definition) is 3. The second kappa shape index (κ2) is 5.53. The molecule has 2 N–H and O–H groups in total. The lowest BCUT2D eigenvalue weighted by Crippen LogP contribution is -2.37. The third-order valence-corrected chi connectivity index (χ3v) is 2.76. The summed E-state index contributed by atoms with van der Waals surface area (Å²) in [7, 11) is 0. The number of nitrogens with one attached hydrogen (secondary N) is 2. The molecule has 0 bridgehead atoms. The number of anilines is 1.